The summed E-state index contributed by atoms with van der Waals surface area (Å²) in [5, 5.41) is 18.1. The van der Waals surface area contributed by atoms with Crippen molar-refractivity contribution in [2.24, 2.45) is 0 Å². The van der Waals surface area contributed by atoms with Crippen LogP contribution in [-0.4, -0.2) is 64.5 Å². The molecule has 0 aliphatic carbocycles. The van der Waals surface area contributed by atoms with E-state index in [0.29, 0.717) is 0 Å². The van der Waals surface area contributed by atoms with Crippen molar-refractivity contribution >= 4 is 28.1 Å². The van der Waals surface area contributed by atoms with Crippen LogP contribution in [0.25, 0.3) is 0 Å². The van der Waals surface area contributed by atoms with Crippen molar-refractivity contribution in [2.75, 3.05) is 26.2 Å². The van der Waals surface area contributed by atoms with Gasteiger partial charge in [0.1, 0.15) is 6.61 Å². The summed E-state index contributed by atoms with van der Waals surface area (Å²) in [5.74, 6) is -2.51. The largest absolute Gasteiger partial charge is 0.485 e. The summed E-state index contributed by atoms with van der Waals surface area (Å²) < 4.78 is 32.7. The van der Waals surface area contributed by atoms with Crippen LogP contribution < -0.4 is 4.74 Å². The van der Waals surface area contributed by atoms with Crippen LogP contribution in [0.4, 0.5) is 18.4 Å². The van der Waals surface area contributed by atoms with Gasteiger partial charge in [0.15, 0.2) is 17.4 Å². The number of hydrogen-bond acceptors (Lipinski definition) is 3. The third kappa shape index (κ3) is 4.01. The molecule has 2 rings (SSSR count). The molecule has 1 heterocycles. The van der Waals surface area contributed by atoms with Crippen LogP contribution in [0, 0.1) is 11.6 Å². The smallest absolute Gasteiger partial charge is 0.407 e. The first-order valence-corrected chi connectivity index (χ1v) is 7.33. The van der Waals surface area contributed by atoms with E-state index in [-0.39, 0.29) is 30.7 Å². The van der Waals surface area contributed by atoms with Crippen LogP contribution in [0.3, 0.4) is 0 Å². The van der Waals surface area contributed by atoms with E-state index in [4.69, 9.17) is 14.9 Å². The van der Waals surface area contributed by atoms with E-state index >= 15 is 0 Å². The number of rotatable bonds is 3. The highest BCUT2D eigenvalue weighted by atomic mass is 79.9. The van der Waals surface area contributed by atoms with Gasteiger partial charge in [0.2, 0.25) is 0 Å². The van der Waals surface area contributed by atoms with Crippen molar-refractivity contribution in [1.29, 1.82) is 0 Å². The number of piperazine rings is 1. The summed E-state index contributed by atoms with van der Waals surface area (Å²) in [4.78, 5) is 24.2. The second-order valence-electron chi connectivity index (χ2n) is 4.87. The number of halogens is 3. The first-order chi connectivity index (χ1) is 10.8. The van der Waals surface area contributed by atoms with Crippen molar-refractivity contribution in [3.8, 4) is 5.75 Å². The number of carbonyl (C=O) groups is 2. The van der Waals surface area contributed by atoms with Crippen LogP contribution >= 0.6 is 15.9 Å². The summed E-state index contributed by atoms with van der Waals surface area (Å²) in [6.07, 6.45) is -2.44. The van der Waals surface area contributed by atoms with E-state index in [1.54, 1.807) is 0 Å². The lowest BCUT2D eigenvalue weighted by molar-refractivity contribution is 0.0449. The molecule has 0 spiro atoms. The van der Waals surface area contributed by atoms with Crippen LogP contribution in [-0.2, 0) is 0 Å². The molecule has 0 unspecified atom stereocenters. The zero-order chi connectivity index (χ0) is 17.1. The Balaban J connectivity index is 2.12. The molecule has 0 bridgehead atoms. The summed E-state index contributed by atoms with van der Waals surface area (Å²) in [6.45, 7) is -0.521. The molecule has 2 N–H and O–H groups in total. The Hall–Kier alpha value is -2.10. The van der Waals surface area contributed by atoms with E-state index in [0.717, 1.165) is 21.9 Å². The Bertz CT molecular complexity index is 607. The van der Waals surface area contributed by atoms with Gasteiger partial charge in [0.25, 0.3) is 0 Å². The Morgan fingerprint density at radius 3 is 2.35 bits per heavy atom. The van der Waals surface area contributed by atoms with Gasteiger partial charge in [0.05, 0.1) is 6.04 Å². The summed E-state index contributed by atoms with van der Waals surface area (Å²) in [7, 11) is 0. The molecule has 1 atom stereocenters. The van der Waals surface area contributed by atoms with Crippen molar-refractivity contribution in [2.45, 2.75) is 6.04 Å². The molecule has 1 aromatic rings. The van der Waals surface area contributed by atoms with Gasteiger partial charge in [-0.1, -0.05) is 15.9 Å². The first-order valence-electron chi connectivity index (χ1n) is 6.54. The van der Waals surface area contributed by atoms with Gasteiger partial charge >= 0.3 is 12.2 Å². The molecule has 0 radical (unpaired) electrons. The number of amides is 2. The molecule has 23 heavy (non-hydrogen) atoms. The molecule has 1 aromatic carbocycles. The Labute approximate surface area is 138 Å². The van der Waals surface area contributed by atoms with Gasteiger partial charge in [-0.2, -0.15) is 0 Å². The van der Waals surface area contributed by atoms with Crippen molar-refractivity contribution in [3.63, 3.8) is 0 Å². The van der Waals surface area contributed by atoms with Gasteiger partial charge < -0.3 is 19.8 Å². The van der Waals surface area contributed by atoms with Gasteiger partial charge in [-0.15, -0.1) is 0 Å². The lowest BCUT2D eigenvalue weighted by atomic mass is 10.2. The van der Waals surface area contributed by atoms with Crippen molar-refractivity contribution in [3.05, 3.63) is 28.2 Å². The normalized spacial score (nSPS) is 18.0. The number of hydrogen-bond donors (Lipinski definition) is 2. The molecule has 2 amide bonds. The molecule has 0 aromatic heterocycles. The van der Waals surface area contributed by atoms with Crippen LogP contribution in [0.2, 0.25) is 0 Å². The summed E-state index contributed by atoms with van der Waals surface area (Å²) in [6, 6.07) is 1.16. The second-order valence-corrected chi connectivity index (χ2v) is 5.78. The maximum atomic E-state index is 13.7. The summed E-state index contributed by atoms with van der Waals surface area (Å²) in [5.41, 5.74) is 0. The Morgan fingerprint density at radius 2 is 1.83 bits per heavy atom. The van der Waals surface area contributed by atoms with E-state index in [9.17, 15) is 18.4 Å². The van der Waals surface area contributed by atoms with Gasteiger partial charge in [-0.3, -0.25) is 4.90 Å². The topological polar surface area (TPSA) is 90.3 Å². The fourth-order valence-corrected chi connectivity index (χ4v) is 2.67. The first kappa shape index (κ1) is 17.3. The minimum absolute atomic E-state index is 0.0269. The van der Waals surface area contributed by atoms with Crippen molar-refractivity contribution in [1.82, 2.24) is 9.80 Å². The molecule has 0 saturated carbocycles. The van der Waals surface area contributed by atoms with E-state index in [2.05, 4.69) is 15.9 Å². The molecule has 126 valence electrons. The van der Waals surface area contributed by atoms with Gasteiger partial charge in [0, 0.05) is 24.1 Å². The fraction of sp³-hybridized carbons (Fsp3) is 0.385. The highest BCUT2D eigenvalue weighted by molar-refractivity contribution is 9.10. The quantitative estimate of drug-likeness (QED) is 0.821. The highest BCUT2D eigenvalue weighted by Crippen LogP contribution is 2.26. The van der Waals surface area contributed by atoms with Crippen molar-refractivity contribution < 1.29 is 33.3 Å². The van der Waals surface area contributed by atoms with E-state index < -0.39 is 35.6 Å². The lowest BCUT2D eigenvalue weighted by Gasteiger charge is -2.38. The molecule has 1 aliphatic heterocycles. The van der Waals surface area contributed by atoms with Gasteiger partial charge in [-0.25, -0.2) is 18.4 Å². The minimum atomic E-state index is -1.25. The number of benzene rings is 1. The second kappa shape index (κ2) is 6.99. The predicted octanol–water partition coefficient (Wildman–Crippen LogP) is 2.45. The van der Waals surface area contributed by atoms with E-state index in [1.807, 2.05) is 0 Å². The number of ether oxygens (including phenoxy) is 1. The highest BCUT2D eigenvalue weighted by Gasteiger charge is 2.33. The monoisotopic (exact) mass is 394 g/mol. The molecule has 7 nitrogen and oxygen atoms in total. The zero-order valence-corrected chi connectivity index (χ0v) is 13.3. The van der Waals surface area contributed by atoms with Gasteiger partial charge in [-0.05, 0) is 12.1 Å². The number of nitrogens with zero attached hydrogens (tertiary/aromatic N) is 2. The maximum absolute atomic E-state index is 13.7. The summed E-state index contributed by atoms with van der Waals surface area (Å²) >= 11 is 2.93. The van der Waals surface area contributed by atoms with E-state index in [1.165, 1.54) is 0 Å². The fourth-order valence-electron chi connectivity index (χ4n) is 2.27. The number of carboxylic acid groups (broad SMARTS) is 2. The molecule has 10 heteroatoms. The minimum Gasteiger partial charge on any atom is -0.485 e. The molecular formula is C13H13BrF2N2O5. The molecule has 1 saturated heterocycles. The molecule has 1 aliphatic rings. The Morgan fingerprint density at radius 1 is 1.22 bits per heavy atom. The third-order valence-electron chi connectivity index (χ3n) is 3.38. The average molecular weight is 395 g/mol. The average Bonchev–Trinajstić information content (AvgIpc) is 2.45. The van der Waals surface area contributed by atoms with Crippen LogP contribution in [0.15, 0.2) is 16.6 Å². The maximum Gasteiger partial charge on any atom is 0.407 e. The standard InChI is InChI=1S/C13H13BrF2N2O5/c14-7-3-9(15)11(10(16)4-7)23-6-8-5-17(12(19)20)1-2-18(8)13(21)22/h3-4,8H,1-2,5-6H2,(H,19,20)(H,21,22)/t8-/m1/s1. The van der Waals surface area contributed by atoms with Crippen LogP contribution in [0.1, 0.15) is 0 Å². The SMILES string of the molecule is O=C(O)N1CCN(C(=O)O)[C@@H](COc2c(F)cc(Br)cc2F)C1. The molecular weight excluding hydrogens is 382 g/mol. The predicted molar refractivity (Wildman–Crippen MR) is 77.7 cm³/mol. The zero-order valence-electron chi connectivity index (χ0n) is 11.7. The molecule has 1 fully saturated rings. The Kier molecular flexibility index (Phi) is 5.24. The lowest BCUT2D eigenvalue weighted by Crippen LogP contribution is -2.58. The van der Waals surface area contributed by atoms with Crippen LogP contribution in [0.5, 0.6) is 5.75 Å². The third-order valence-corrected chi connectivity index (χ3v) is 3.84.